The highest BCUT2D eigenvalue weighted by molar-refractivity contribution is 6.00. The van der Waals surface area contributed by atoms with Crippen LogP contribution >= 0.6 is 0 Å². The van der Waals surface area contributed by atoms with E-state index >= 15 is 0 Å². The minimum Gasteiger partial charge on any atom is -0.376 e. The molecule has 0 spiro atoms. The number of hydrogen-bond donors (Lipinski definition) is 3. The maximum Gasteiger partial charge on any atom is 0.318 e. The van der Waals surface area contributed by atoms with Crippen molar-refractivity contribution < 1.29 is 14.4 Å². The minimum atomic E-state index is -0.906. The number of anilines is 1. The molecule has 0 saturated heterocycles. The molecule has 0 radical (unpaired) electrons. The number of urea groups is 1. The van der Waals surface area contributed by atoms with Gasteiger partial charge in [-0.3, -0.25) is 14.9 Å². The van der Waals surface area contributed by atoms with Crippen molar-refractivity contribution in [2.75, 3.05) is 11.9 Å². The second-order valence-corrected chi connectivity index (χ2v) is 3.37. The smallest absolute Gasteiger partial charge is 0.318 e. The number of carbonyl (C=O) groups excluding carboxylic acids is 3. The van der Waals surface area contributed by atoms with Crippen molar-refractivity contribution >= 4 is 23.4 Å². The fourth-order valence-corrected chi connectivity index (χ4v) is 1.30. The molecule has 1 aromatic rings. The van der Waals surface area contributed by atoms with Gasteiger partial charge in [-0.05, 0) is 19.1 Å². The molecule has 0 unspecified atom stereocenters. The van der Waals surface area contributed by atoms with E-state index < -0.39 is 11.9 Å². The van der Waals surface area contributed by atoms with Crippen LogP contribution in [-0.4, -0.2) is 24.3 Å². The van der Waals surface area contributed by atoms with E-state index in [0.717, 1.165) is 0 Å². The molecule has 1 aromatic carbocycles. The Morgan fingerprint density at radius 1 is 1.24 bits per heavy atom. The Balaban J connectivity index is 2.66. The van der Waals surface area contributed by atoms with Gasteiger partial charge in [0.25, 0.3) is 0 Å². The first-order chi connectivity index (χ1) is 8.00. The van der Waals surface area contributed by atoms with Gasteiger partial charge in [0.05, 0.1) is 6.54 Å². The second kappa shape index (κ2) is 5.64. The maximum atomic E-state index is 11.3. The second-order valence-electron chi connectivity index (χ2n) is 3.37. The summed E-state index contributed by atoms with van der Waals surface area (Å²) in [6.07, 6.45) is 0. The van der Waals surface area contributed by atoms with Gasteiger partial charge in [0.2, 0.25) is 5.91 Å². The molecule has 6 nitrogen and oxygen atoms in total. The zero-order chi connectivity index (χ0) is 12.8. The van der Waals surface area contributed by atoms with Crippen LogP contribution in [0.5, 0.6) is 0 Å². The van der Waals surface area contributed by atoms with Crippen molar-refractivity contribution in [3.63, 3.8) is 0 Å². The molecule has 0 atom stereocenters. The molecule has 0 heterocycles. The number of Topliss-reactive ketones (excluding diaryl/α,β-unsaturated/α-hetero) is 1. The van der Waals surface area contributed by atoms with Gasteiger partial charge in [-0.1, -0.05) is 12.1 Å². The van der Waals surface area contributed by atoms with Crippen LogP contribution in [0.25, 0.3) is 0 Å². The number of nitrogens with two attached hydrogens (primary N) is 1. The van der Waals surface area contributed by atoms with E-state index in [0.29, 0.717) is 11.3 Å². The molecule has 0 aliphatic carbocycles. The first-order valence-electron chi connectivity index (χ1n) is 4.94. The van der Waals surface area contributed by atoms with Crippen molar-refractivity contribution in [3.05, 3.63) is 29.8 Å². The fourth-order valence-electron chi connectivity index (χ4n) is 1.30. The lowest BCUT2D eigenvalue weighted by atomic mass is 10.1. The molecule has 90 valence electrons. The Labute approximate surface area is 98.2 Å². The highest BCUT2D eigenvalue weighted by atomic mass is 16.2. The van der Waals surface area contributed by atoms with E-state index in [1.165, 1.54) is 6.92 Å². The van der Waals surface area contributed by atoms with Crippen molar-refractivity contribution in [2.24, 2.45) is 5.73 Å². The summed E-state index contributed by atoms with van der Waals surface area (Å²) >= 11 is 0. The van der Waals surface area contributed by atoms with E-state index in [1.54, 1.807) is 24.3 Å². The summed E-state index contributed by atoms with van der Waals surface area (Å²) in [4.78, 5) is 32.8. The zero-order valence-electron chi connectivity index (χ0n) is 9.32. The monoisotopic (exact) mass is 235 g/mol. The van der Waals surface area contributed by atoms with Crippen LogP contribution in [0.4, 0.5) is 10.5 Å². The van der Waals surface area contributed by atoms with Gasteiger partial charge in [-0.15, -0.1) is 0 Å². The molecule has 0 saturated carbocycles. The van der Waals surface area contributed by atoms with Gasteiger partial charge in [0.15, 0.2) is 5.78 Å². The lowest BCUT2D eigenvalue weighted by molar-refractivity contribution is -0.118. The van der Waals surface area contributed by atoms with Gasteiger partial charge < -0.3 is 11.1 Å². The Bertz CT molecular complexity index is 457. The normalized spacial score (nSPS) is 9.47. The quantitative estimate of drug-likeness (QED) is 0.661. The van der Waals surface area contributed by atoms with Crippen LogP contribution in [0, 0.1) is 0 Å². The standard InChI is InChI=1S/C11H13N3O3/c1-7(15)8-4-2-3-5-9(8)13-6-10(16)14-11(12)17/h2-5,13H,6H2,1H3,(H3,12,14,16,17). The van der Waals surface area contributed by atoms with Gasteiger partial charge in [-0.25, -0.2) is 4.79 Å². The third-order valence-corrected chi connectivity index (χ3v) is 2.01. The van der Waals surface area contributed by atoms with Crippen LogP contribution in [0.1, 0.15) is 17.3 Å². The summed E-state index contributed by atoms with van der Waals surface area (Å²) in [5.41, 5.74) is 5.81. The van der Waals surface area contributed by atoms with Crippen LogP contribution in [0.15, 0.2) is 24.3 Å². The summed E-state index contributed by atoms with van der Waals surface area (Å²) in [7, 11) is 0. The highest BCUT2D eigenvalue weighted by Crippen LogP contribution is 2.14. The molecule has 0 bridgehead atoms. The fraction of sp³-hybridized carbons (Fsp3) is 0.182. The Morgan fingerprint density at radius 3 is 2.47 bits per heavy atom. The van der Waals surface area contributed by atoms with E-state index in [4.69, 9.17) is 5.73 Å². The summed E-state index contributed by atoms with van der Waals surface area (Å²) in [6, 6.07) is 5.88. The van der Waals surface area contributed by atoms with Crippen LogP contribution < -0.4 is 16.4 Å². The number of imide groups is 1. The summed E-state index contributed by atoms with van der Waals surface area (Å²) in [6.45, 7) is 1.30. The van der Waals surface area contributed by atoms with Crippen LogP contribution in [-0.2, 0) is 4.79 Å². The predicted octanol–water partition coefficient (Wildman–Crippen LogP) is 0.496. The number of rotatable bonds is 4. The maximum absolute atomic E-state index is 11.3. The number of nitrogens with one attached hydrogen (secondary N) is 2. The molecule has 3 amide bonds. The number of carbonyl (C=O) groups is 3. The third-order valence-electron chi connectivity index (χ3n) is 2.01. The number of ketones is 1. The van der Waals surface area contributed by atoms with Crippen molar-refractivity contribution in [3.8, 4) is 0 Å². The molecule has 0 aliphatic heterocycles. The third kappa shape index (κ3) is 3.94. The molecule has 6 heteroatoms. The van der Waals surface area contributed by atoms with E-state index in [2.05, 4.69) is 5.32 Å². The van der Waals surface area contributed by atoms with Crippen LogP contribution in [0.2, 0.25) is 0 Å². The van der Waals surface area contributed by atoms with Gasteiger partial charge in [0, 0.05) is 11.3 Å². The molecular formula is C11H13N3O3. The topological polar surface area (TPSA) is 101 Å². The SMILES string of the molecule is CC(=O)c1ccccc1NCC(=O)NC(N)=O. The summed E-state index contributed by atoms with van der Waals surface area (Å²) < 4.78 is 0. The van der Waals surface area contributed by atoms with Crippen molar-refractivity contribution in [1.82, 2.24) is 5.32 Å². The molecule has 0 fully saturated rings. The van der Waals surface area contributed by atoms with Crippen molar-refractivity contribution in [2.45, 2.75) is 6.92 Å². The van der Waals surface area contributed by atoms with Gasteiger partial charge in [0.1, 0.15) is 0 Å². The Kier molecular flexibility index (Phi) is 4.21. The minimum absolute atomic E-state index is 0.108. The van der Waals surface area contributed by atoms with Gasteiger partial charge in [-0.2, -0.15) is 0 Å². The molecule has 0 aromatic heterocycles. The van der Waals surface area contributed by atoms with E-state index in [9.17, 15) is 14.4 Å². The number of benzene rings is 1. The van der Waals surface area contributed by atoms with Crippen LogP contribution in [0.3, 0.4) is 0 Å². The Morgan fingerprint density at radius 2 is 1.88 bits per heavy atom. The summed E-state index contributed by atoms with van der Waals surface area (Å²) in [5, 5.41) is 4.67. The summed E-state index contributed by atoms with van der Waals surface area (Å²) in [5.74, 6) is -0.667. The zero-order valence-corrected chi connectivity index (χ0v) is 9.32. The largest absolute Gasteiger partial charge is 0.376 e. The number of amides is 3. The van der Waals surface area contributed by atoms with E-state index in [-0.39, 0.29) is 12.3 Å². The lowest BCUT2D eigenvalue weighted by Crippen LogP contribution is -2.38. The van der Waals surface area contributed by atoms with E-state index in [1.807, 2.05) is 5.32 Å². The van der Waals surface area contributed by atoms with Crippen molar-refractivity contribution in [1.29, 1.82) is 0 Å². The molecule has 17 heavy (non-hydrogen) atoms. The average molecular weight is 235 g/mol. The average Bonchev–Trinajstić information content (AvgIpc) is 2.25. The lowest BCUT2D eigenvalue weighted by Gasteiger charge is -2.09. The number of primary amides is 1. The number of hydrogen-bond acceptors (Lipinski definition) is 4. The molecular weight excluding hydrogens is 222 g/mol. The number of para-hydroxylation sites is 1. The first-order valence-corrected chi connectivity index (χ1v) is 4.94. The molecule has 4 N–H and O–H groups in total. The highest BCUT2D eigenvalue weighted by Gasteiger charge is 2.08. The van der Waals surface area contributed by atoms with Gasteiger partial charge >= 0.3 is 6.03 Å². The first kappa shape index (κ1) is 12.7. The Hall–Kier alpha value is -2.37. The molecule has 1 rings (SSSR count). The molecule has 0 aliphatic rings. The predicted molar refractivity (Wildman–Crippen MR) is 62.7 cm³/mol.